The maximum absolute atomic E-state index is 12.2. The number of para-hydroxylation sites is 1. The molecule has 156 valence electrons. The number of hydrogen-bond acceptors (Lipinski definition) is 8. The number of hydrazone groups is 1. The van der Waals surface area contributed by atoms with Crippen molar-refractivity contribution >= 4 is 44.9 Å². The van der Waals surface area contributed by atoms with Crippen LogP contribution in [0.1, 0.15) is 16.1 Å². The number of fused-ring (bicyclic) bond motifs is 1. The van der Waals surface area contributed by atoms with Crippen molar-refractivity contribution in [2.45, 2.75) is 13.3 Å². The van der Waals surface area contributed by atoms with Crippen molar-refractivity contribution in [3.05, 3.63) is 81.2 Å². The van der Waals surface area contributed by atoms with Gasteiger partial charge in [-0.15, -0.1) is 10.2 Å². The van der Waals surface area contributed by atoms with Gasteiger partial charge < -0.3 is 15.5 Å². The Morgan fingerprint density at radius 2 is 2.00 bits per heavy atom. The molecule has 0 bridgehead atoms. The zero-order chi connectivity index (χ0) is 21.8. The molecule has 0 spiro atoms. The van der Waals surface area contributed by atoms with Crippen molar-refractivity contribution in [3.63, 3.8) is 0 Å². The first-order valence-electron chi connectivity index (χ1n) is 9.29. The van der Waals surface area contributed by atoms with Gasteiger partial charge in [-0.1, -0.05) is 41.7 Å². The summed E-state index contributed by atoms with van der Waals surface area (Å²) in [7, 11) is 0. The number of anilines is 2. The number of hydrogen-bond donors (Lipinski definition) is 3. The molecular weight excluding hydrogens is 416 g/mol. The van der Waals surface area contributed by atoms with Crippen molar-refractivity contribution in [2.75, 3.05) is 5.32 Å². The van der Waals surface area contributed by atoms with E-state index in [0.717, 1.165) is 11.3 Å². The van der Waals surface area contributed by atoms with Gasteiger partial charge in [0.1, 0.15) is 16.2 Å². The van der Waals surface area contributed by atoms with Crippen LogP contribution in [0.4, 0.5) is 10.8 Å². The molecule has 0 atom stereocenters. The van der Waals surface area contributed by atoms with Crippen LogP contribution in [0.3, 0.4) is 0 Å². The molecule has 0 unspecified atom stereocenters. The zero-order valence-electron chi connectivity index (χ0n) is 16.5. The highest BCUT2D eigenvalue weighted by atomic mass is 32.1. The highest BCUT2D eigenvalue weighted by Gasteiger charge is 2.12. The smallest absolute Gasteiger partial charge is 0.347 e. The van der Waals surface area contributed by atoms with Gasteiger partial charge in [0.15, 0.2) is 5.84 Å². The van der Waals surface area contributed by atoms with Crippen LogP contribution in [0.15, 0.2) is 68.9 Å². The monoisotopic (exact) mass is 434 g/mol. The van der Waals surface area contributed by atoms with Gasteiger partial charge in [-0.05, 0) is 36.8 Å². The van der Waals surface area contributed by atoms with Gasteiger partial charge in [-0.2, -0.15) is 5.10 Å². The van der Waals surface area contributed by atoms with Crippen LogP contribution >= 0.6 is 11.3 Å². The normalized spacial score (nSPS) is 11.5. The molecule has 31 heavy (non-hydrogen) atoms. The van der Waals surface area contributed by atoms with E-state index in [4.69, 9.17) is 10.2 Å². The highest BCUT2D eigenvalue weighted by Crippen LogP contribution is 2.21. The van der Waals surface area contributed by atoms with Crippen LogP contribution in [-0.2, 0) is 11.2 Å². The summed E-state index contributed by atoms with van der Waals surface area (Å²) in [4.78, 5) is 24.3. The molecule has 1 amide bonds. The molecule has 0 aliphatic heterocycles. The minimum Gasteiger partial charge on any atom is -0.422 e. The number of nitrogens with one attached hydrogen (secondary N) is 2. The summed E-state index contributed by atoms with van der Waals surface area (Å²) >= 11 is 1.26. The number of amidine groups is 1. The van der Waals surface area contributed by atoms with Crippen molar-refractivity contribution in [2.24, 2.45) is 10.8 Å². The number of rotatable bonds is 6. The number of nitrogens with two attached hydrogens (primary N) is 1. The zero-order valence-corrected chi connectivity index (χ0v) is 17.3. The van der Waals surface area contributed by atoms with E-state index >= 15 is 0 Å². The third-order valence-electron chi connectivity index (χ3n) is 4.27. The molecule has 2 heterocycles. The minimum atomic E-state index is -0.634. The highest BCUT2D eigenvalue weighted by molar-refractivity contribution is 7.15. The first kappa shape index (κ1) is 20.2. The Balaban J connectivity index is 1.40. The predicted molar refractivity (Wildman–Crippen MR) is 119 cm³/mol. The molecule has 9 nitrogen and oxygen atoms in total. The fourth-order valence-corrected chi connectivity index (χ4v) is 3.58. The maximum Gasteiger partial charge on any atom is 0.347 e. The average Bonchev–Trinajstić information content (AvgIpc) is 3.18. The van der Waals surface area contributed by atoms with Gasteiger partial charge in [0.25, 0.3) is 0 Å². The van der Waals surface area contributed by atoms with Gasteiger partial charge in [0.05, 0.1) is 6.42 Å². The summed E-state index contributed by atoms with van der Waals surface area (Å²) < 4.78 is 5.22. The molecule has 0 saturated heterocycles. The Morgan fingerprint density at radius 3 is 2.84 bits per heavy atom. The SMILES string of the molecule is Cc1cccc(Nc2nnc(CC(=O)N/N=C(/N)c3cc4ccccc4oc3=O)s2)c1. The van der Waals surface area contributed by atoms with E-state index in [0.29, 0.717) is 21.1 Å². The van der Waals surface area contributed by atoms with Crippen LogP contribution in [0.25, 0.3) is 11.0 Å². The van der Waals surface area contributed by atoms with Crippen molar-refractivity contribution in [1.29, 1.82) is 0 Å². The lowest BCUT2D eigenvalue weighted by molar-refractivity contribution is -0.120. The first-order valence-corrected chi connectivity index (χ1v) is 10.1. The quantitative estimate of drug-likeness (QED) is 0.184. The van der Waals surface area contributed by atoms with E-state index in [-0.39, 0.29) is 17.8 Å². The number of benzene rings is 2. The molecule has 0 radical (unpaired) electrons. The number of amides is 1. The van der Waals surface area contributed by atoms with Crippen molar-refractivity contribution < 1.29 is 9.21 Å². The Bertz CT molecular complexity index is 1340. The van der Waals surface area contributed by atoms with Gasteiger partial charge in [0.2, 0.25) is 11.0 Å². The van der Waals surface area contributed by atoms with E-state index in [1.165, 1.54) is 11.3 Å². The molecule has 4 aromatic rings. The van der Waals surface area contributed by atoms with Crippen LogP contribution in [0, 0.1) is 6.92 Å². The second-order valence-electron chi connectivity index (χ2n) is 6.69. The lowest BCUT2D eigenvalue weighted by Crippen LogP contribution is -2.28. The summed E-state index contributed by atoms with van der Waals surface area (Å²) in [5, 5.41) is 16.8. The van der Waals surface area contributed by atoms with E-state index in [2.05, 4.69) is 26.0 Å². The summed E-state index contributed by atoms with van der Waals surface area (Å²) in [5.74, 6) is -0.585. The Kier molecular flexibility index (Phi) is 5.72. The summed E-state index contributed by atoms with van der Waals surface area (Å²) in [6, 6.07) is 16.4. The molecule has 4 N–H and O–H groups in total. The second kappa shape index (κ2) is 8.76. The van der Waals surface area contributed by atoms with Gasteiger partial charge in [-0.25, -0.2) is 10.2 Å². The standard InChI is InChI=1S/C21H18N6O3S/c1-12-5-4-7-14(9-12)23-21-27-25-18(31-21)11-17(28)24-26-19(22)15-10-13-6-2-3-8-16(13)30-20(15)29/h2-10H,11H2,1H3,(H2,22,26)(H,23,27)(H,24,28). The molecule has 0 saturated carbocycles. The van der Waals surface area contributed by atoms with Crippen LogP contribution in [0.2, 0.25) is 0 Å². The number of aryl methyl sites for hydroxylation is 1. The second-order valence-corrected chi connectivity index (χ2v) is 7.75. The molecule has 0 aliphatic rings. The first-order chi connectivity index (χ1) is 15.0. The number of carbonyl (C=O) groups excluding carboxylic acids is 1. The van der Waals surface area contributed by atoms with Crippen LogP contribution < -0.4 is 22.1 Å². The summed E-state index contributed by atoms with van der Waals surface area (Å²) in [5.41, 5.74) is 10.1. The Labute approximate surface area is 180 Å². The molecule has 0 aliphatic carbocycles. The topological polar surface area (TPSA) is 136 Å². The third kappa shape index (κ3) is 4.93. The van der Waals surface area contributed by atoms with Gasteiger partial charge in [-0.3, -0.25) is 4.79 Å². The fourth-order valence-electron chi connectivity index (χ4n) is 2.82. The minimum absolute atomic E-state index is 0.0315. The number of nitrogens with zero attached hydrogens (tertiary/aromatic N) is 3. The van der Waals surface area contributed by atoms with E-state index in [1.54, 1.807) is 24.3 Å². The van der Waals surface area contributed by atoms with Crippen LogP contribution in [0.5, 0.6) is 0 Å². The Hall–Kier alpha value is -4.05. The maximum atomic E-state index is 12.2. The Morgan fingerprint density at radius 1 is 1.16 bits per heavy atom. The van der Waals surface area contributed by atoms with Crippen molar-refractivity contribution in [1.82, 2.24) is 15.6 Å². The van der Waals surface area contributed by atoms with E-state index < -0.39 is 11.5 Å². The van der Waals surface area contributed by atoms with Gasteiger partial charge >= 0.3 is 5.63 Å². The summed E-state index contributed by atoms with van der Waals surface area (Å²) in [6.45, 7) is 2.00. The van der Waals surface area contributed by atoms with Crippen LogP contribution in [-0.4, -0.2) is 21.9 Å². The molecular formula is C21H18N6O3S. The molecule has 2 aromatic carbocycles. The number of carbonyl (C=O) groups is 1. The number of aromatic nitrogens is 2. The van der Waals surface area contributed by atoms with Crippen molar-refractivity contribution in [3.8, 4) is 0 Å². The van der Waals surface area contributed by atoms with Gasteiger partial charge in [0, 0.05) is 11.1 Å². The lowest BCUT2D eigenvalue weighted by atomic mass is 10.2. The van der Waals surface area contributed by atoms with E-state index in [9.17, 15) is 9.59 Å². The largest absolute Gasteiger partial charge is 0.422 e. The molecule has 10 heteroatoms. The third-order valence-corrected chi connectivity index (χ3v) is 5.11. The molecule has 4 rings (SSSR count). The molecule has 0 fully saturated rings. The molecule has 2 aromatic heterocycles. The van der Waals surface area contributed by atoms with E-state index in [1.807, 2.05) is 37.3 Å². The predicted octanol–water partition coefficient (Wildman–Crippen LogP) is 2.68. The average molecular weight is 434 g/mol. The summed E-state index contributed by atoms with van der Waals surface area (Å²) in [6.07, 6.45) is -0.0315. The fraction of sp³-hybridized carbons (Fsp3) is 0.0952. The lowest BCUT2D eigenvalue weighted by Gasteiger charge is -2.03.